The zero-order valence-electron chi connectivity index (χ0n) is 30.8. The highest BCUT2D eigenvalue weighted by molar-refractivity contribution is 6.68. The maximum atomic E-state index is 14.5. The van der Waals surface area contributed by atoms with Gasteiger partial charge in [-0.3, -0.25) is 25.1 Å². The molecule has 8 atom stereocenters. The molecule has 18 nitrogen and oxygen atoms in total. The number of hydrogen-bond acceptors (Lipinski definition) is 15. The van der Waals surface area contributed by atoms with Crippen molar-refractivity contribution in [2.45, 2.75) is 61.5 Å². The van der Waals surface area contributed by atoms with Crippen LogP contribution in [0.3, 0.4) is 0 Å². The molecule has 4 heterocycles. The summed E-state index contributed by atoms with van der Waals surface area (Å²) in [5.74, 6) is -3.29. The Bertz CT molecular complexity index is 2280. The van der Waals surface area contributed by atoms with Gasteiger partial charge in [-0.2, -0.15) is 4.99 Å². The second-order valence-corrected chi connectivity index (χ2v) is 14.6. The standard InChI is InChI=1S/C40H39N5O13/c41-39-43-36-29(37(53)44-39)42-18-45(36)26-8-4-3-5-21(26)20-10-14-55-17-27-32(51)35(52)40(54,11-13-47)38(57-27)58-33-24(20)15-25-28(34(33)56-16-19(48)9-12-46)31(50)23-7-2-1-6-22(23)30(25)49/h1-8,12,15,19-20,27,32,35,38,47-48,51-52,54H,9-11,13-14,16-18H2,(H2,41,44,53)/p+1/t19-,20+,27+,32+,35-,38-,40+/m1/s1. The molecule has 3 aromatic carbocycles. The zero-order valence-corrected chi connectivity index (χ0v) is 30.8. The Balaban J connectivity index is 1.39. The van der Waals surface area contributed by atoms with Gasteiger partial charge >= 0.3 is 0 Å². The number of amidine groups is 1. The second kappa shape index (κ2) is 15.6. The number of benzene rings is 3. The molecular weight excluding hydrogens is 758 g/mol. The number of aliphatic hydroxyl groups excluding tert-OH is 4. The fraction of sp³-hybridized carbons (Fsp3) is 0.375. The fourth-order valence-corrected chi connectivity index (χ4v) is 8.14. The summed E-state index contributed by atoms with van der Waals surface area (Å²) in [7, 11) is 0. The number of rotatable bonds is 9. The number of fused-ring (bicyclic) bond motifs is 6. The highest BCUT2D eigenvalue weighted by Gasteiger charge is 2.57. The first-order chi connectivity index (χ1) is 28.0. The van der Waals surface area contributed by atoms with E-state index in [4.69, 9.17) is 24.4 Å². The van der Waals surface area contributed by atoms with Gasteiger partial charge in [0.05, 0.1) is 18.3 Å². The van der Waals surface area contributed by atoms with Gasteiger partial charge in [-0.1, -0.05) is 42.5 Å². The Morgan fingerprint density at radius 1 is 1.05 bits per heavy atom. The molecular formula is C40H40N5O13+. The van der Waals surface area contributed by atoms with Crippen LogP contribution in [0.5, 0.6) is 11.5 Å². The summed E-state index contributed by atoms with van der Waals surface area (Å²) in [5.41, 5.74) is -1.17. The lowest BCUT2D eigenvalue weighted by Crippen LogP contribution is -3.09. The second-order valence-electron chi connectivity index (χ2n) is 14.6. The number of amides is 1. The molecule has 1 unspecified atom stereocenters. The number of ketones is 2. The lowest BCUT2D eigenvalue weighted by atomic mass is 9.78. The minimum Gasteiger partial charge on any atom is -0.486 e. The van der Waals surface area contributed by atoms with E-state index in [-0.39, 0.29) is 89.5 Å². The van der Waals surface area contributed by atoms with E-state index in [1.54, 1.807) is 36.4 Å². The minimum absolute atomic E-state index is 0.0151. The van der Waals surface area contributed by atoms with Crippen LogP contribution >= 0.6 is 0 Å². The predicted molar refractivity (Wildman–Crippen MR) is 200 cm³/mol. The first-order valence-corrected chi connectivity index (χ1v) is 18.7. The molecule has 1 aliphatic carbocycles. The van der Waals surface area contributed by atoms with Gasteiger partial charge in [-0.15, -0.1) is 0 Å². The topological polar surface area (TPSA) is 271 Å². The van der Waals surface area contributed by atoms with Crippen molar-refractivity contribution in [1.29, 1.82) is 5.41 Å². The van der Waals surface area contributed by atoms with Gasteiger partial charge in [0.15, 0.2) is 35.3 Å². The third-order valence-corrected chi connectivity index (χ3v) is 11.0. The van der Waals surface area contributed by atoms with Crippen LogP contribution in [0.1, 0.15) is 68.2 Å². The van der Waals surface area contributed by atoms with Crippen LogP contribution in [0, 0.1) is 5.41 Å². The molecule has 0 saturated carbocycles. The molecule has 5 aliphatic rings. The van der Waals surface area contributed by atoms with Crippen molar-refractivity contribution in [3.63, 3.8) is 0 Å². The van der Waals surface area contributed by atoms with Crippen LogP contribution in [-0.4, -0.2) is 136 Å². The summed E-state index contributed by atoms with van der Waals surface area (Å²) in [6.45, 7) is -1.48. The molecule has 3 aromatic rings. The van der Waals surface area contributed by atoms with Gasteiger partial charge in [-0.05, 0) is 18.6 Å². The number of hydrogen-bond donors (Lipinski definition) is 8. The van der Waals surface area contributed by atoms with Gasteiger partial charge < -0.3 is 49.3 Å². The number of nitrogens with one attached hydrogen (secondary N) is 3. The van der Waals surface area contributed by atoms with E-state index in [1.165, 1.54) is 18.2 Å². The number of ether oxygens (including phenoxy) is 4. The molecule has 0 radical (unpaired) electrons. The van der Waals surface area contributed by atoms with E-state index in [2.05, 4.69) is 15.3 Å². The van der Waals surface area contributed by atoms with E-state index in [0.29, 0.717) is 22.4 Å². The van der Waals surface area contributed by atoms with Gasteiger partial charge in [0.2, 0.25) is 18.0 Å². The highest BCUT2D eigenvalue weighted by atomic mass is 16.7. The third-order valence-electron chi connectivity index (χ3n) is 11.0. The molecule has 4 aliphatic heterocycles. The molecule has 0 aromatic heterocycles. The number of para-hydroxylation sites is 1. The quantitative estimate of drug-likeness (QED) is 0.0914. The summed E-state index contributed by atoms with van der Waals surface area (Å²) in [6, 6.07) is 14.8. The smallest absolute Gasteiger partial charge is 0.284 e. The molecule has 1 amide bonds. The van der Waals surface area contributed by atoms with Crippen LogP contribution < -0.4 is 19.7 Å². The van der Waals surface area contributed by atoms with E-state index < -0.39 is 79.3 Å². The number of aliphatic imine (C=N–C) groups is 2. The number of guanidine groups is 1. The molecule has 2 bridgehead atoms. The van der Waals surface area contributed by atoms with E-state index >= 15 is 0 Å². The molecule has 8 N–H and O–H groups in total. The number of aliphatic hydroxyl groups is 5. The van der Waals surface area contributed by atoms with Crippen LogP contribution in [0.2, 0.25) is 0 Å². The fourth-order valence-electron chi connectivity index (χ4n) is 8.14. The highest BCUT2D eigenvalue weighted by Crippen LogP contribution is 2.49. The third kappa shape index (κ3) is 6.62. The van der Waals surface area contributed by atoms with E-state index in [1.807, 2.05) is 0 Å². The molecule has 8 rings (SSSR count). The van der Waals surface area contributed by atoms with Gasteiger partial charge in [-0.25, -0.2) is 9.89 Å². The van der Waals surface area contributed by atoms with Crippen molar-refractivity contribution in [1.82, 2.24) is 5.32 Å². The number of nitrogens with zero attached hydrogens (tertiary/aromatic N) is 2. The summed E-state index contributed by atoms with van der Waals surface area (Å²) < 4.78 is 25.0. The molecule has 1 fully saturated rings. The summed E-state index contributed by atoms with van der Waals surface area (Å²) in [4.78, 5) is 62.3. The van der Waals surface area contributed by atoms with Crippen LogP contribution in [0.4, 0.5) is 5.69 Å². The monoisotopic (exact) mass is 798 g/mol. The van der Waals surface area contributed by atoms with Crippen molar-refractivity contribution in [2.75, 3.05) is 33.1 Å². The Kier molecular flexibility index (Phi) is 10.6. The van der Waals surface area contributed by atoms with Gasteiger partial charge in [0.1, 0.15) is 36.9 Å². The average Bonchev–Trinajstić information content (AvgIpc) is 3.63. The number of carbonyl (C=O) groups excluding carboxylic acids is 4. The Morgan fingerprint density at radius 3 is 2.55 bits per heavy atom. The van der Waals surface area contributed by atoms with Crippen LogP contribution in [-0.2, 0) is 19.1 Å². The van der Waals surface area contributed by atoms with Crippen molar-refractivity contribution >= 4 is 47.0 Å². The maximum Gasteiger partial charge on any atom is 0.284 e. The largest absolute Gasteiger partial charge is 0.486 e. The molecule has 302 valence electrons. The van der Waals surface area contributed by atoms with Crippen molar-refractivity contribution in [3.8, 4) is 11.5 Å². The van der Waals surface area contributed by atoms with E-state index in [0.717, 1.165) is 0 Å². The minimum atomic E-state index is -2.46. The number of carbonyl (C=O) groups is 4. The van der Waals surface area contributed by atoms with Crippen LogP contribution in [0.25, 0.3) is 0 Å². The predicted octanol–water partition coefficient (Wildman–Crippen LogP) is -1.33. The lowest BCUT2D eigenvalue weighted by molar-refractivity contribution is -0.723. The number of aldehydes is 1. The summed E-state index contributed by atoms with van der Waals surface area (Å²) in [5, 5.41) is 65.6. The molecule has 1 saturated heterocycles. The molecule has 0 spiro atoms. The summed E-state index contributed by atoms with van der Waals surface area (Å²) in [6.07, 6.45) is -8.36. The molecule has 18 heteroatoms. The van der Waals surface area contributed by atoms with E-state index in [9.17, 15) is 44.7 Å². The van der Waals surface area contributed by atoms with Crippen molar-refractivity contribution < 1.29 is 68.6 Å². The number of quaternary nitrogens is 1. The zero-order chi connectivity index (χ0) is 40.9. The summed E-state index contributed by atoms with van der Waals surface area (Å²) >= 11 is 0. The Morgan fingerprint density at radius 2 is 1.79 bits per heavy atom. The Hall–Kier alpha value is -5.57. The molecule has 58 heavy (non-hydrogen) atoms. The SMILES string of the molecule is N=C1N=C2C(=NC[NH+]2c2ccccc2[C@@H]2CCOC[C@@H]3O[C@H](Oc4c2cc2c(c4OC[C@H](O)CC=O)C(=O)c4ccccc4C2=O)[C@](O)(CCO)[C@H](O)[C@H]3O)C(=O)N1. The van der Waals surface area contributed by atoms with Gasteiger partial charge in [0.25, 0.3) is 11.7 Å². The normalized spacial score (nSPS) is 28.3. The first-order valence-electron chi connectivity index (χ1n) is 18.7. The van der Waals surface area contributed by atoms with Gasteiger partial charge in [0, 0.05) is 59.8 Å². The average molecular weight is 799 g/mol. The van der Waals surface area contributed by atoms with Crippen molar-refractivity contribution in [3.05, 3.63) is 88.0 Å². The Labute approximate surface area is 329 Å². The van der Waals surface area contributed by atoms with Crippen LogP contribution in [0.15, 0.2) is 64.6 Å². The maximum absolute atomic E-state index is 14.5. The van der Waals surface area contributed by atoms with Crippen molar-refractivity contribution in [2.24, 2.45) is 9.98 Å². The first kappa shape index (κ1) is 39.3. The lowest BCUT2D eigenvalue weighted by Gasteiger charge is -2.47.